The first-order chi connectivity index (χ1) is 10.7. The van der Waals surface area contributed by atoms with Crippen LogP contribution in [0.1, 0.15) is 25.3 Å². The summed E-state index contributed by atoms with van der Waals surface area (Å²) in [6, 6.07) is 0.886. The van der Waals surface area contributed by atoms with Crippen molar-refractivity contribution >= 4 is 40.9 Å². The molecular formula is C14H18N2O5S2. The fourth-order valence-electron chi connectivity index (χ4n) is 2.47. The summed E-state index contributed by atoms with van der Waals surface area (Å²) >= 11 is 2.74. The molecule has 1 aliphatic rings. The van der Waals surface area contributed by atoms with Crippen LogP contribution in [0.15, 0.2) is 16.8 Å². The highest BCUT2D eigenvalue weighted by Crippen LogP contribution is 2.37. The molecule has 1 aromatic heterocycles. The van der Waals surface area contributed by atoms with E-state index in [4.69, 9.17) is 0 Å². The predicted molar refractivity (Wildman–Crippen MR) is 87.7 cm³/mol. The van der Waals surface area contributed by atoms with Crippen molar-refractivity contribution in [1.82, 2.24) is 10.6 Å². The Labute approximate surface area is 141 Å². The van der Waals surface area contributed by atoms with Gasteiger partial charge in [-0.3, -0.25) is 19.7 Å². The largest absolute Gasteiger partial charge is 0.480 e. The van der Waals surface area contributed by atoms with Gasteiger partial charge in [0.15, 0.2) is 5.92 Å². The Balaban J connectivity index is 1.97. The van der Waals surface area contributed by atoms with Crippen LogP contribution in [-0.4, -0.2) is 50.8 Å². The highest BCUT2D eigenvalue weighted by Gasteiger charge is 2.45. The number of carboxylic acid groups (broad SMARTS) is 2. The van der Waals surface area contributed by atoms with Gasteiger partial charge in [0, 0.05) is 11.3 Å². The highest BCUT2D eigenvalue weighted by atomic mass is 32.2. The Morgan fingerprint density at radius 2 is 2.09 bits per heavy atom. The number of hydrogen-bond donors (Lipinski definition) is 4. The number of carboxylic acids is 2. The number of carbonyl (C=O) groups is 3. The van der Waals surface area contributed by atoms with Crippen LogP contribution in [0.3, 0.4) is 0 Å². The van der Waals surface area contributed by atoms with Gasteiger partial charge in [0.05, 0.1) is 5.37 Å². The summed E-state index contributed by atoms with van der Waals surface area (Å²) in [4.78, 5) is 34.7. The average Bonchev–Trinajstić information content (AvgIpc) is 3.03. The molecule has 0 saturated carbocycles. The molecule has 0 bridgehead atoms. The van der Waals surface area contributed by atoms with Crippen LogP contribution in [0.4, 0.5) is 0 Å². The Morgan fingerprint density at radius 3 is 2.57 bits per heavy atom. The number of rotatable bonds is 6. The van der Waals surface area contributed by atoms with Crippen LogP contribution >= 0.6 is 23.1 Å². The summed E-state index contributed by atoms with van der Waals surface area (Å²) in [5.41, 5.74) is 0.441. The summed E-state index contributed by atoms with van der Waals surface area (Å²) in [5.74, 6) is -4.01. The van der Waals surface area contributed by atoms with Crippen molar-refractivity contribution in [2.75, 3.05) is 6.54 Å². The highest BCUT2D eigenvalue weighted by molar-refractivity contribution is 8.01. The number of amides is 1. The van der Waals surface area contributed by atoms with E-state index in [1.807, 2.05) is 13.8 Å². The minimum atomic E-state index is -1.25. The molecular weight excluding hydrogens is 340 g/mol. The Kier molecular flexibility index (Phi) is 5.33. The van der Waals surface area contributed by atoms with Gasteiger partial charge in [-0.05, 0) is 36.2 Å². The van der Waals surface area contributed by atoms with Crippen LogP contribution < -0.4 is 10.6 Å². The SMILES string of the molecule is CC1(C)SC(CNC(=O)C(C(=O)O)c2ccsc2)N[C@H]1C(=O)O. The van der Waals surface area contributed by atoms with Gasteiger partial charge in [0.25, 0.3) is 0 Å². The molecule has 2 rings (SSSR count). The summed E-state index contributed by atoms with van der Waals surface area (Å²) in [7, 11) is 0. The number of thiophene rings is 1. The number of hydrogen-bond acceptors (Lipinski definition) is 6. The summed E-state index contributed by atoms with van der Waals surface area (Å²) < 4.78 is -0.513. The van der Waals surface area contributed by atoms with Crippen molar-refractivity contribution in [3.63, 3.8) is 0 Å². The molecule has 1 amide bonds. The van der Waals surface area contributed by atoms with Crippen LogP contribution in [0.2, 0.25) is 0 Å². The second-order valence-corrected chi connectivity index (χ2v) is 8.36. The van der Waals surface area contributed by atoms with Crippen molar-refractivity contribution < 1.29 is 24.6 Å². The molecule has 2 heterocycles. The van der Waals surface area contributed by atoms with Crippen LogP contribution in [0, 0.1) is 0 Å². The van der Waals surface area contributed by atoms with E-state index in [9.17, 15) is 24.6 Å². The second kappa shape index (κ2) is 6.90. The molecule has 1 fully saturated rings. The minimum absolute atomic E-state index is 0.157. The fourth-order valence-corrected chi connectivity index (χ4v) is 4.56. The molecule has 0 aromatic carbocycles. The maximum Gasteiger partial charge on any atom is 0.322 e. The van der Waals surface area contributed by atoms with E-state index in [1.165, 1.54) is 23.1 Å². The van der Waals surface area contributed by atoms with E-state index < -0.39 is 34.6 Å². The third kappa shape index (κ3) is 4.04. The van der Waals surface area contributed by atoms with Gasteiger partial charge in [0.1, 0.15) is 6.04 Å². The van der Waals surface area contributed by atoms with Gasteiger partial charge >= 0.3 is 11.9 Å². The van der Waals surface area contributed by atoms with Crippen LogP contribution in [0.25, 0.3) is 0 Å². The fraction of sp³-hybridized carbons (Fsp3) is 0.500. The topological polar surface area (TPSA) is 116 Å². The zero-order valence-corrected chi connectivity index (χ0v) is 14.2. The predicted octanol–water partition coefficient (Wildman–Crippen LogP) is 0.927. The molecule has 1 aliphatic heterocycles. The first-order valence-corrected chi connectivity index (χ1v) is 8.74. The normalized spacial score (nSPS) is 24.1. The second-order valence-electron chi connectivity index (χ2n) is 5.72. The van der Waals surface area contributed by atoms with E-state index >= 15 is 0 Å². The number of aliphatic carboxylic acids is 2. The Morgan fingerprint density at radius 1 is 1.39 bits per heavy atom. The minimum Gasteiger partial charge on any atom is -0.480 e. The molecule has 7 nitrogen and oxygen atoms in total. The molecule has 0 radical (unpaired) electrons. The maximum absolute atomic E-state index is 12.2. The summed E-state index contributed by atoms with van der Waals surface area (Å²) in [6.07, 6.45) is 0. The van der Waals surface area contributed by atoms with Crippen LogP contribution in [0.5, 0.6) is 0 Å². The van der Waals surface area contributed by atoms with Crippen molar-refractivity contribution in [3.05, 3.63) is 22.4 Å². The number of thioether (sulfide) groups is 1. The van der Waals surface area contributed by atoms with Gasteiger partial charge in [-0.1, -0.05) is 0 Å². The quantitative estimate of drug-likeness (QED) is 0.559. The molecule has 0 aliphatic carbocycles. The van der Waals surface area contributed by atoms with E-state index in [-0.39, 0.29) is 11.9 Å². The van der Waals surface area contributed by atoms with Crippen molar-refractivity contribution in [3.8, 4) is 0 Å². The van der Waals surface area contributed by atoms with E-state index in [0.717, 1.165) is 0 Å². The van der Waals surface area contributed by atoms with Gasteiger partial charge in [-0.2, -0.15) is 11.3 Å². The molecule has 23 heavy (non-hydrogen) atoms. The van der Waals surface area contributed by atoms with Crippen LogP contribution in [-0.2, 0) is 14.4 Å². The standard InChI is InChI=1S/C14H18N2O5S2/c1-14(2)10(13(20)21)16-8(23-14)5-15-11(17)9(12(18)19)7-3-4-22-6-7/h3-4,6,8-10,16H,5H2,1-2H3,(H,15,17)(H,18,19)(H,20,21)/t8?,9?,10-/m0/s1. The van der Waals surface area contributed by atoms with Gasteiger partial charge in [-0.15, -0.1) is 11.8 Å². The van der Waals surface area contributed by atoms with E-state index in [2.05, 4.69) is 10.6 Å². The van der Waals surface area contributed by atoms with E-state index in [1.54, 1.807) is 16.8 Å². The lowest BCUT2D eigenvalue weighted by atomic mass is 10.0. The summed E-state index contributed by atoms with van der Waals surface area (Å²) in [6.45, 7) is 3.79. The molecule has 126 valence electrons. The first-order valence-electron chi connectivity index (χ1n) is 6.91. The van der Waals surface area contributed by atoms with Crippen molar-refractivity contribution in [2.24, 2.45) is 0 Å². The summed E-state index contributed by atoms with van der Waals surface area (Å²) in [5, 5.41) is 27.0. The van der Waals surface area contributed by atoms with Gasteiger partial charge < -0.3 is 15.5 Å². The third-order valence-corrected chi connectivity index (χ3v) is 5.72. The molecule has 0 spiro atoms. The smallest absolute Gasteiger partial charge is 0.322 e. The van der Waals surface area contributed by atoms with Gasteiger partial charge in [0.2, 0.25) is 5.91 Å². The lowest BCUT2D eigenvalue weighted by molar-refractivity contribution is -0.143. The average molecular weight is 358 g/mol. The maximum atomic E-state index is 12.2. The van der Waals surface area contributed by atoms with Crippen molar-refractivity contribution in [2.45, 2.75) is 35.9 Å². The lowest BCUT2D eigenvalue weighted by Crippen LogP contribution is -2.47. The molecule has 3 atom stereocenters. The Hall–Kier alpha value is -1.58. The zero-order chi connectivity index (χ0) is 17.2. The van der Waals surface area contributed by atoms with E-state index in [0.29, 0.717) is 5.56 Å². The molecule has 2 unspecified atom stereocenters. The molecule has 1 aromatic rings. The lowest BCUT2D eigenvalue weighted by Gasteiger charge is -2.20. The van der Waals surface area contributed by atoms with Gasteiger partial charge in [-0.25, -0.2) is 0 Å². The van der Waals surface area contributed by atoms with Crippen molar-refractivity contribution in [1.29, 1.82) is 0 Å². The molecule has 1 saturated heterocycles. The number of nitrogens with one attached hydrogen (secondary N) is 2. The Bertz CT molecular complexity index is 602. The number of carbonyl (C=O) groups excluding carboxylic acids is 1. The zero-order valence-electron chi connectivity index (χ0n) is 12.6. The first kappa shape index (κ1) is 17.8. The molecule has 9 heteroatoms. The third-order valence-electron chi connectivity index (χ3n) is 3.59. The molecule has 4 N–H and O–H groups in total. The monoisotopic (exact) mass is 358 g/mol.